The van der Waals surface area contributed by atoms with E-state index in [9.17, 15) is 0 Å². The molecule has 4 heterocycles. The minimum Gasteiger partial charge on any atom is -0.375 e. The molecule has 4 rings (SSSR count). The lowest BCUT2D eigenvalue weighted by Gasteiger charge is -2.18. The number of fused-ring (bicyclic) bond motifs is 2. The molecule has 0 radical (unpaired) electrons. The maximum absolute atomic E-state index is 6.02. The zero-order chi connectivity index (χ0) is 16.0. The van der Waals surface area contributed by atoms with Gasteiger partial charge in [0.1, 0.15) is 18.3 Å². The highest BCUT2D eigenvalue weighted by Gasteiger charge is 2.21. The Hall–Kier alpha value is -2.58. The van der Waals surface area contributed by atoms with Crippen LogP contribution in [0.2, 0.25) is 5.15 Å². The van der Waals surface area contributed by atoms with Crippen LogP contribution in [0.15, 0.2) is 31.1 Å². The maximum atomic E-state index is 6.02. The van der Waals surface area contributed by atoms with Gasteiger partial charge in [-0.3, -0.25) is 4.57 Å². The Morgan fingerprint density at radius 2 is 2.09 bits per heavy atom. The molecule has 0 bridgehead atoms. The molecule has 1 unspecified atom stereocenters. The highest BCUT2D eigenvalue weighted by molar-refractivity contribution is 6.29. The molecule has 1 atom stereocenters. The third kappa shape index (κ3) is 2.14. The van der Waals surface area contributed by atoms with Gasteiger partial charge in [-0.05, 0) is 6.92 Å². The van der Waals surface area contributed by atoms with Crippen LogP contribution in [0.1, 0.15) is 18.7 Å². The summed E-state index contributed by atoms with van der Waals surface area (Å²) < 4.78 is 9.00. The van der Waals surface area contributed by atoms with Crippen LogP contribution in [0.25, 0.3) is 22.9 Å². The Balaban J connectivity index is 2.05. The zero-order valence-electron chi connectivity index (χ0n) is 12.4. The maximum Gasteiger partial charge on any atom is 0.167 e. The number of halogens is 1. The van der Waals surface area contributed by atoms with Crippen LogP contribution in [0.5, 0.6) is 0 Å². The molecule has 0 spiro atoms. The van der Waals surface area contributed by atoms with Gasteiger partial charge in [0, 0.05) is 13.2 Å². The predicted octanol–water partition coefficient (Wildman–Crippen LogP) is 2.17. The quantitative estimate of drug-likeness (QED) is 0.573. The Labute approximate surface area is 136 Å². The molecule has 9 heteroatoms. The van der Waals surface area contributed by atoms with Gasteiger partial charge in [0.2, 0.25) is 0 Å². The third-order valence-electron chi connectivity index (χ3n) is 3.68. The average molecular weight is 330 g/mol. The molecular weight excluding hydrogens is 318 g/mol. The van der Waals surface area contributed by atoms with Gasteiger partial charge in [0.25, 0.3) is 0 Å². The van der Waals surface area contributed by atoms with Crippen LogP contribution in [-0.4, -0.2) is 41.2 Å². The number of methoxy groups -OCH3 is 1. The smallest absolute Gasteiger partial charge is 0.167 e. The molecule has 0 N–H and O–H groups in total. The lowest BCUT2D eigenvalue weighted by molar-refractivity contribution is 0.114. The molecule has 23 heavy (non-hydrogen) atoms. The van der Waals surface area contributed by atoms with E-state index in [0.717, 1.165) is 11.4 Å². The third-order valence-corrected chi connectivity index (χ3v) is 3.87. The fraction of sp³-hybridized carbons (Fsp3) is 0.214. The SMILES string of the molecule is COC(C)c1c(-n2cncc3ncnc2-3)cnc2cc(Cl)nn12. The number of aromatic nitrogens is 7. The molecule has 8 nitrogen and oxygen atoms in total. The average Bonchev–Trinajstić information content (AvgIpc) is 3.17. The fourth-order valence-corrected chi connectivity index (χ4v) is 2.71. The van der Waals surface area contributed by atoms with E-state index in [1.165, 1.54) is 6.33 Å². The second kappa shape index (κ2) is 5.25. The summed E-state index contributed by atoms with van der Waals surface area (Å²) in [4.78, 5) is 17.1. The van der Waals surface area contributed by atoms with E-state index in [4.69, 9.17) is 16.3 Å². The Bertz CT molecular complexity index is 963. The van der Waals surface area contributed by atoms with E-state index >= 15 is 0 Å². The second-order valence-corrected chi connectivity index (χ2v) is 5.38. The van der Waals surface area contributed by atoms with E-state index in [1.807, 2.05) is 11.5 Å². The molecule has 2 aliphatic rings. The van der Waals surface area contributed by atoms with Crippen LogP contribution in [-0.2, 0) is 4.74 Å². The summed E-state index contributed by atoms with van der Waals surface area (Å²) in [6, 6.07) is 1.70. The zero-order valence-corrected chi connectivity index (χ0v) is 13.1. The lowest BCUT2D eigenvalue weighted by atomic mass is 10.2. The van der Waals surface area contributed by atoms with Gasteiger partial charge in [-0.25, -0.2) is 24.5 Å². The van der Waals surface area contributed by atoms with Gasteiger partial charge >= 0.3 is 0 Å². The monoisotopic (exact) mass is 329 g/mol. The van der Waals surface area contributed by atoms with E-state index in [0.29, 0.717) is 22.3 Å². The van der Waals surface area contributed by atoms with E-state index in [-0.39, 0.29) is 6.10 Å². The van der Waals surface area contributed by atoms with Crippen molar-refractivity contribution in [3.63, 3.8) is 0 Å². The molecule has 0 amide bonds. The largest absolute Gasteiger partial charge is 0.375 e. The molecule has 2 aromatic heterocycles. The molecule has 0 aliphatic carbocycles. The second-order valence-electron chi connectivity index (χ2n) is 4.99. The standard InChI is InChI=1S/C14H12ClN7O/c1-8(23-2)13-10(5-17-12-3-11(15)20-22(12)13)21-7-16-4-9-14(21)19-6-18-9/h3-8H,1-2H3. The minimum absolute atomic E-state index is 0.239. The first-order chi connectivity index (χ1) is 11.2. The lowest BCUT2D eigenvalue weighted by Crippen LogP contribution is -2.14. The van der Waals surface area contributed by atoms with Crippen molar-refractivity contribution in [3.8, 4) is 17.2 Å². The van der Waals surface area contributed by atoms with Crippen molar-refractivity contribution >= 4 is 17.2 Å². The Morgan fingerprint density at radius 3 is 2.91 bits per heavy atom. The van der Waals surface area contributed by atoms with Crippen molar-refractivity contribution in [2.24, 2.45) is 0 Å². The Kier molecular flexibility index (Phi) is 3.21. The molecule has 0 saturated carbocycles. The first-order valence-corrected chi connectivity index (χ1v) is 7.27. The first kappa shape index (κ1) is 14.0. The normalized spacial score (nSPS) is 13.0. The van der Waals surface area contributed by atoms with Gasteiger partial charge in [-0.1, -0.05) is 11.6 Å². The summed E-state index contributed by atoms with van der Waals surface area (Å²) in [5.74, 6) is 0.684. The van der Waals surface area contributed by atoms with Gasteiger partial charge in [-0.2, -0.15) is 5.10 Å². The van der Waals surface area contributed by atoms with Gasteiger partial charge in [0.05, 0.1) is 29.9 Å². The summed E-state index contributed by atoms with van der Waals surface area (Å²) in [5, 5.41) is 4.67. The van der Waals surface area contributed by atoms with Crippen molar-refractivity contribution in [2.45, 2.75) is 13.0 Å². The van der Waals surface area contributed by atoms with Gasteiger partial charge in [0.15, 0.2) is 16.6 Å². The number of imidazole rings is 1. The molecule has 116 valence electrons. The van der Waals surface area contributed by atoms with Crippen molar-refractivity contribution in [1.29, 1.82) is 0 Å². The van der Waals surface area contributed by atoms with Crippen LogP contribution in [0, 0.1) is 0 Å². The summed E-state index contributed by atoms with van der Waals surface area (Å²) in [7, 11) is 1.64. The summed E-state index contributed by atoms with van der Waals surface area (Å²) >= 11 is 6.02. The topological polar surface area (TPSA) is 83.0 Å². The van der Waals surface area contributed by atoms with Crippen LogP contribution in [0.4, 0.5) is 0 Å². The van der Waals surface area contributed by atoms with E-state index < -0.39 is 0 Å². The molecule has 0 fully saturated rings. The van der Waals surface area contributed by atoms with Crippen molar-refractivity contribution in [2.75, 3.05) is 7.11 Å². The van der Waals surface area contributed by atoms with Gasteiger partial charge in [-0.15, -0.1) is 0 Å². The van der Waals surface area contributed by atoms with Crippen LogP contribution < -0.4 is 0 Å². The fourth-order valence-electron chi connectivity index (χ4n) is 2.54. The highest BCUT2D eigenvalue weighted by Crippen LogP contribution is 2.28. The van der Waals surface area contributed by atoms with Crippen LogP contribution in [0.3, 0.4) is 0 Å². The Morgan fingerprint density at radius 1 is 1.22 bits per heavy atom. The number of hydrogen-bond acceptors (Lipinski definition) is 6. The molecule has 2 aliphatic heterocycles. The van der Waals surface area contributed by atoms with Crippen molar-refractivity contribution in [3.05, 3.63) is 42.0 Å². The van der Waals surface area contributed by atoms with Crippen LogP contribution >= 0.6 is 11.6 Å². The molecular formula is C14H12ClN7O. The molecule has 0 saturated heterocycles. The number of nitrogens with zero attached hydrogens (tertiary/aromatic N) is 7. The summed E-state index contributed by atoms with van der Waals surface area (Å²) in [5.41, 5.74) is 2.89. The first-order valence-electron chi connectivity index (χ1n) is 6.89. The number of rotatable bonds is 3. The van der Waals surface area contributed by atoms with Gasteiger partial charge < -0.3 is 4.74 Å². The summed E-state index contributed by atoms with van der Waals surface area (Å²) in [6.45, 7) is 1.93. The van der Waals surface area contributed by atoms with E-state index in [2.05, 4.69) is 25.0 Å². The summed E-state index contributed by atoms with van der Waals surface area (Å²) in [6.07, 6.45) is 6.32. The molecule has 0 aromatic carbocycles. The van der Waals surface area contributed by atoms with Crippen molar-refractivity contribution in [1.82, 2.24) is 34.1 Å². The minimum atomic E-state index is -0.239. The molecule has 2 aromatic rings. The predicted molar refractivity (Wildman–Crippen MR) is 82.8 cm³/mol. The van der Waals surface area contributed by atoms with E-state index in [1.54, 1.807) is 36.4 Å². The number of hydrogen-bond donors (Lipinski definition) is 0. The van der Waals surface area contributed by atoms with Crippen molar-refractivity contribution < 1.29 is 4.74 Å². The highest BCUT2D eigenvalue weighted by atomic mass is 35.5. The number of ether oxygens (including phenoxy) is 1.